The van der Waals surface area contributed by atoms with Gasteiger partial charge in [0, 0.05) is 6.04 Å². The van der Waals surface area contributed by atoms with Crippen LogP contribution in [0.2, 0.25) is 10.0 Å². The van der Waals surface area contributed by atoms with E-state index in [0.717, 1.165) is 24.8 Å². The molecule has 0 heterocycles. The van der Waals surface area contributed by atoms with E-state index in [1.54, 1.807) is 6.07 Å². The molecule has 0 fully saturated rings. The monoisotopic (exact) mass is 282 g/mol. The van der Waals surface area contributed by atoms with Crippen LogP contribution in [0.1, 0.15) is 30.9 Å². The summed E-state index contributed by atoms with van der Waals surface area (Å²) >= 11 is 11.7. The van der Waals surface area contributed by atoms with Crippen molar-refractivity contribution < 1.29 is 0 Å². The highest BCUT2D eigenvalue weighted by molar-refractivity contribution is 6.42. The number of unbranched alkanes of at least 4 members (excludes halogenated alkanes) is 1. The van der Waals surface area contributed by atoms with Crippen LogP contribution in [-0.2, 0) is 0 Å². The summed E-state index contributed by atoms with van der Waals surface area (Å²) in [6.07, 6.45) is 2.97. The molecule has 0 amide bonds. The van der Waals surface area contributed by atoms with Crippen LogP contribution >= 0.6 is 35.6 Å². The van der Waals surface area contributed by atoms with Gasteiger partial charge in [-0.2, -0.15) is 0 Å². The summed E-state index contributed by atoms with van der Waals surface area (Å²) in [4.78, 5) is 0. The number of benzene rings is 1. The zero-order valence-electron chi connectivity index (χ0n) is 8.96. The van der Waals surface area contributed by atoms with Crippen LogP contribution in [0.25, 0.3) is 0 Å². The van der Waals surface area contributed by atoms with Crippen LogP contribution < -0.4 is 11.5 Å². The first-order valence-corrected chi connectivity index (χ1v) is 5.81. The van der Waals surface area contributed by atoms with E-state index < -0.39 is 0 Å². The van der Waals surface area contributed by atoms with Crippen LogP contribution in [0.15, 0.2) is 18.2 Å². The number of nitrogens with two attached hydrogens (primary N) is 2. The molecule has 0 unspecified atom stereocenters. The smallest absolute Gasteiger partial charge is 0.0595 e. The van der Waals surface area contributed by atoms with Gasteiger partial charge < -0.3 is 11.5 Å². The Balaban J connectivity index is 0.00000225. The number of halogens is 3. The largest absolute Gasteiger partial charge is 0.330 e. The summed E-state index contributed by atoms with van der Waals surface area (Å²) in [6.45, 7) is 0.716. The standard InChI is InChI=1S/C11H16Cl2N2.ClH/c12-9-5-4-8(7-10(9)13)11(15)3-1-2-6-14;/h4-5,7,11H,1-3,6,14-15H2;1H/t11-;/m0./s1. The molecular formula is C11H17Cl3N2. The maximum Gasteiger partial charge on any atom is 0.0595 e. The number of hydrogen-bond acceptors (Lipinski definition) is 2. The molecule has 0 aliphatic heterocycles. The van der Waals surface area contributed by atoms with Crippen LogP contribution in [0.3, 0.4) is 0 Å². The van der Waals surface area contributed by atoms with Gasteiger partial charge in [0.05, 0.1) is 10.0 Å². The van der Waals surface area contributed by atoms with E-state index in [0.29, 0.717) is 16.6 Å². The highest BCUT2D eigenvalue weighted by atomic mass is 35.5. The van der Waals surface area contributed by atoms with Gasteiger partial charge in [-0.3, -0.25) is 0 Å². The topological polar surface area (TPSA) is 52.0 Å². The summed E-state index contributed by atoms with van der Waals surface area (Å²) < 4.78 is 0. The Kier molecular flexibility index (Phi) is 8.16. The molecule has 1 aromatic rings. The van der Waals surface area contributed by atoms with Crippen molar-refractivity contribution in [1.82, 2.24) is 0 Å². The second-order valence-corrected chi connectivity index (χ2v) is 4.38. The Labute approximate surface area is 113 Å². The Morgan fingerprint density at radius 2 is 1.81 bits per heavy atom. The maximum absolute atomic E-state index is 6.01. The van der Waals surface area contributed by atoms with E-state index in [4.69, 9.17) is 34.7 Å². The number of rotatable bonds is 5. The molecule has 1 rings (SSSR count). The molecule has 5 heteroatoms. The van der Waals surface area contributed by atoms with Crippen molar-refractivity contribution in [1.29, 1.82) is 0 Å². The molecule has 1 aromatic carbocycles. The van der Waals surface area contributed by atoms with Gasteiger partial charge in [-0.15, -0.1) is 12.4 Å². The third-order valence-electron chi connectivity index (χ3n) is 2.34. The van der Waals surface area contributed by atoms with Gasteiger partial charge in [-0.05, 0) is 37.1 Å². The fourth-order valence-corrected chi connectivity index (χ4v) is 1.72. The molecule has 2 nitrogen and oxygen atoms in total. The van der Waals surface area contributed by atoms with E-state index >= 15 is 0 Å². The van der Waals surface area contributed by atoms with Crippen molar-refractivity contribution in [2.24, 2.45) is 11.5 Å². The highest BCUT2D eigenvalue weighted by Crippen LogP contribution is 2.26. The molecule has 0 aliphatic rings. The Morgan fingerprint density at radius 1 is 1.12 bits per heavy atom. The molecule has 0 bridgehead atoms. The molecule has 0 aliphatic carbocycles. The van der Waals surface area contributed by atoms with Crippen molar-refractivity contribution in [3.63, 3.8) is 0 Å². The van der Waals surface area contributed by atoms with Gasteiger partial charge in [0.2, 0.25) is 0 Å². The third-order valence-corrected chi connectivity index (χ3v) is 3.08. The lowest BCUT2D eigenvalue weighted by Gasteiger charge is -2.12. The zero-order chi connectivity index (χ0) is 11.3. The first-order valence-electron chi connectivity index (χ1n) is 5.05. The molecule has 0 saturated carbocycles. The van der Waals surface area contributed by atoms with Gasteiger partial charge >= 0.3 is 0 Å². The van der Waals surface area contributed by atoms with E-state index in [1.807, 2.05) is 12.1 Å². The molecular weight excluding hydrogens is 266 g/mol. The molecule has 1 atom stereocenters. The fraction of sp³-hybridized carbons (Fsp3) is 0.455. The molecule has 0 aromatic heterocycles. The summed E-state index contributed by atoms with van der Waals surface area (Å²) in [6, 6.07) is 5.55. The van der Waals surface area contributed by atoms with Crippen molar-refractivity contribution in [2.75, 3.05) is 6.54 Å². The van der Waals surface area contributed by atoms with E-state index in [2.05, 4.69) is 0 Å². The van der Waals surface area contributed by atoms with Crippen molar-refractivity contribution >= 4 is 35.6 Å². The SMILES string of the molecule is Cl.NCCCC[C@H](N)c1ccc(Cl)c(Cl)c1. The predicted octanol–water partition coefficient (Wildman–Crippen LogP) is 3.54. The van der Waals surface area contributed by atoms with Gasteiger partial charge in [-0.1, -0.05) is 35.7 Å². The summed E-state index contributed by atoms with van der Waals surface area (Å²) in [7, 11) is 0. The third kappa shape index (κ3) is 4.89. The lowest BCUT2D eigenvalue weighted by atomic mass is 10.0. The normalized spacial score (nSPS) is 12.0. The molecule has 0 radical (unpaired) electrons. The molecule has 4 N–H and O–H groups in total. The quantitative estimate of drug-likeness (QED) is 0.812. The second kappa shape index (κ2) is 8.15. The van der Waals surface area contributed by atoms with Crippen molar-refractivity contribution in [2.45, 2.75) is 25.3 Å². The Hall–Kier alpha value is 0.01000. The van der Waals surface area contributed by atoms with Gasteiger partial charge in [0.15, 0.2) is 0 Å². The summed E-state index contributed by atoms with van der Waals surface area (Å²) in [5.74, 6) is 0. The minimum Gasteiger partial charge on any atom is -0.330 e. The Morgan fingerprint density at radius 3 is 2.38 bits per heavy atom. The van der Waals surface area contributed by atoms with Crippen LogP contribution in [-0.4, -0.2) is 6.54 Å². The maximum atomic E-state index is 6.01. The van der Waals surface area contributed by atoms with Gasteiger partial charge in [0.1, 0.15) is 0 Å². The average molecular weight is 284 g/mol. The van der Waals surface area contributed by atoms with E-state index in [1.165, 1.54) is 0 Å². The lowest BCUT2D eigenvalue weighted by molar-refractivity contribution is 0.591. The Bertz CT molecular complexity index is 318. The first kappa shape index (κ1) is 16.0. The van der Waals surface area contributed by atoms with Crippen molar-refractivity contribution in [3.05, 3.63) is 33.8 Å². The predicted molar refractivity (Wildman–Crippen MR) is 73.5 cm³/mol. The summed E-state index contributed by atoms with van der Waals surface area (Å²) in [5, 5.41) is 1.12. The van der Waals surface area contributed by atoms with E-state index in [-0.39, 0.29) is 18.4 Å². The molecule has 16 heavy (non-hydrogen) atoms. The summed E-state index contributed by atoms with van der Waals surface area (Å²) in [5.41, 5.74) is 12.5. The van der Waals surface area contributed by atoms with E-state index in [9.17, 15) is 0 Å². The average Bonchev–Trinajstić information content (AvgIpc) is 2.22. The lowest BCUT2D eigenvalue weighted by Crippen LogP contribution is -2.11. The van der Waals surface area contributed by atoms with Gasteiger partial charge in [0.25, 0.3) is 0 Å². The molecule has 0 spiro atoms. The first-order chi connectivity index (χ1) is 7.15. The second-order valence-electron chi connectivity index (χ2n) is 3.56. The van der Waals surface area contributed by atoms with Crippen LogP contribution in [0.4, 0.5) is 0 Å². The molecule has 92 valence electrons. The zero-order valence-corrected chi connectivity index (χ0v) is 11.3. The minimum atomic E-state index is 0. The van der Waals surface area contributed by atoms with Crippen LogP contribution in [0, 0.1) is 0 Å². The molecule has 0 saturated heterocycles. The minimum absolute atomic E-state index is 0. The number of hydrogen-bond donors (Lipinski definition) is 2. The van der Waals surface area contributed by atoms with Crippen molar-refractivity contribution in [3.8, 4) is 0 Å². The highest BCUT2D eigenvalue weighted by Gasteiger charge is 2.07. The fourth-order valence-electron chi connectivity index (χ4n) is 1.42. The van der Waals surface area contributed by atoms with Crippen LogP contribution in [0.5, 0.6) is 0 Å². The van der Waals surface area contributed by atoms with Gasteiger partial charge in [-0.25, -0.2) is 0 Å².